The molecule has 3 heterocycles. The summed E-state index contributed by atoms with van der Waals surface area (Å²) in [6.07, 6.45) is -0.375. The standard InChI is InChI=1S/C14H19N5O5/c1-2-3-8(21)24-11-10(22)7(4-20)23-14(11)19-6-18-9-12(15)16-5-17-13(9)19/h5-7,10-11,14,20,22H,2-4H2,1H3,(H2,15,16,17). The van der Waals surface area contributed by atoms with E-state index in [2.05, 4.69) is 15.0 Å². The molecule has 2 aromatic rings. The Hall–Kier alpha value is -2.30. The van der Waals surface area contributed by atoms with Gasteiger partial charge in [0.15, 0.2) is 23.8 Å². The molecular formula is C14H19N5O5. The van der Waals surface area contributed by atoms with E-state index in [0.29, 0.717) is 17.6 Å². The number of carbonyl (C=O) groups is 1. The average Bonchev–Trinajstić information content (AvgIpc) is 3.11. The molecule has 10 nitrogen and oxygen atoms in total. The zero-order valence-corrected chi connectivity index (χ0v) is 13.1. The van der Waals surface area contributed by atoms with Crippen molar-refractivity contribution in [1.82, 2.24) is 19.5 Å². The van der Waals surface area contributed by atoms with Gasteiger partial charge in [-0.15, -0.1) is 0 Å². The molecule has 1 aliphatic heterocycles. The molecular weight excluding hydrogens is 318 g/mol. The molecule has 24 heavy (non-hydrogen) atoms. The molecule has 0 aromatic carbocycles. The van der Waals surface area contributed by atoms with Crippen LogP contribution in [0.2, 0.25) is 0 Å². The van der Waals surface area contributed by atoms with E-state index in [0.717, 1.165) is 0 Å². The van der Waals surface area contributed by atoms with Gasteiger partial charge in [-0.3, -0.25) is 9.36 Å². The molecule has 0 aliphatic carbocycles. The summed E-state index contributed by atoms with van der Waals surface area (Å²) in [6.45, 7) is 1.43. The first-order valence-electron chi connectivity index (χ1n) is 7.63. The number of aliphatic hydroxyl groups is 2. The van der Waals surface area contributed by atoms with Crippen LogP contribution in [-0.2, 0) is 14.3 Å². The first kappa shape index (κ1) is 16.6. The maximum absolute atomic E-state index is 11.9. The molecule has 4 atom stereocenters. The SMILES string of the molecule is CCCC(=O)OC1C(O)C(CO)OC1n1cnc2c(N)ncnc21. The van der Waals surface area contributed by atoms with Gasteiger partial charge in [0.1, 0.15) is 24.1 Å². The van der Waals surface area contributed by atoms with Gasteiger partial charge >= 0.3 is 5.97 Å². The van der Waals surface area contributed by atoms with E-state index in [1.807, 2.05) is 6.92 Å². The number of hydrogen-bond acceptors (Lipinski definition) is 9. The fraction of sp³-hybridized carbons (Fsp3) is 0.571. The molecule has 1 saturated heterocycles. The second-order valence-electron chi connectivity index (χ2n) is 5.53. The van der Waals surface area contributed by atoms with Crippen LogP contribution in [0.5, 0.6) is 0 Å². The molecule has 1 aliphatic rings. The Morgan fingerprint density at radius 3 is 2.96 bits per heavy atom. The first-order valence-corrected chi connectivity index (χ1v) is 7.63. The minimum absolute atomic E-state index is 0.204. The number of esters is 1. The second-order valence-corrected chi connectivity index (χ2v) is 5.53. The topological polar surface area (TPSA) is 146 Å². The monoisotopic (exact) mass is 337 g/mol. The third-order valence-electron chi connectivity index (χ3n) is 3.88. The molecule has 130 valence electrons. The molecule has 2 aromatic heterocycles. The van der Waals surface area contributed by atoms with Crippen molar-refractivity contribution < 1.29 is 24.5 Å². The predicted molar refractivity (Wildman–Crippen MR) is 81.5 cm³/mol. The average molecular weight is 337 g/mol. The number of fused-ring (bicyclic) bond motifs is 1. The summed E-state index contributed by atoms with van der Waals surface area (Å²) in [7, 11) is 0. The number of carbonyl (C=O) groups excluding carboxylic acids is 1. The molecule has 4 N–H and O–H groups in total. The van der Waals surface area contributed by atoms with Crippen molar-refractivity contribution in [1.29, 1.82) is 0 Å². The Morgan fingerprint density at radius 2 is 2.25 bits per heavy atom. The van der Waals surface area contributed by atoms with E-state index >= 15 is 0 Å². The van der Waals surface area contributed by atoms with Gasteiger partial charge in [-0.2, -0.15) is 0 Å². The van der Waals surface area contributed by atoms with Crippen molar-refractivity contribution in [2.24, 2.45) is 0 Å². The van der Waals surface area contributed by atoms with Gasteiger partial charge < -0.3 is 25.4 Å². The Bertz CT molecular complexity index is 735. The number of hydrogen-bond donors (Lipinski definition) is 3. The highest BCUT2D eigenvalue weighted by atomic mass is 16.6. The van der Waals surface area contributed by atoms with Crippen LogP contribution in [0.25, 0.3) is 11.2 Å². The Balaban J connectivity index is 1.96. The van der Waals surface area contributed by atoms with Crippen LogP contribution in [0.3, 0.4) is 0 Å². The molecule has 0 amide bonds. The summed E-state index contributed by atoms with van der Waals surface area (Å²) in [5.74, 6) is -0.247. The van der Waals surface area contributed by atoms with Crippen molar-refractivity contribution in [3.05, 3.63) is 12.7 Å². The number of nitrogens with zero attached hydrogens (tertiary/aromatic N) is 4. The van der Waals surface area contributed by atoms with Gasteiger partial charge in [0, 0.05) is 6.42 Å². The second kappa shape index (κ2) is 6.67. The van der Waals surface area contributed by atoms with Crippen LogP contribution in [0, 0.1) is 0 Å². The Labute approximate surface area is 137 Å². The quantitative estimate of drug-likeness (QED) is 0.607. The number of rotatable bonds is 5. The molecule has 0 spiro atoms. The predicted octanol–water partition coefficient (Wildman–Crippen LogP) is -0.629. The Kier molecular flexibility index (Phi) is 4.60. The minimum atomic E-state index is -1.17. The Morgan fingerprint density at radius 1 is 1.46 bits per heavy atom. The van der Waals surface area contributed by atoms with E-state index in [9.17, 15) is 15.0 Å². The van der Waals surface area contributed by atoms with E-state index in [1.54, 1.807) is 0 Å². The number of aliphatic hydroxyl groups excluding tert-OH is 2. The molecule has 3 rings (SSSR count). The normalized spacial score (nSPS) is 26.8. The van der Waals surface area contributed by atoms with Crippen LogP contribution < -0.4 is 5.73 Å². The number of imidazole rings is 1. The van der Waals surface area contributed by atoms with Crippen molar-refractivity contribution in [3.63, 3.8) is 0 Å². The van der Waals surface area contributed by atoms with Gasteiger partial charge in [-0.05, 0) is 6.42 Å². The van der Waals surface area contributed by atoms with Crippen molar-refractivity contribution in [2.45, 2.75) is 44.3 Å². The number of aromatic nitrogens is 4. The largest absolute Gasteiger partial charge is 0.455 e. The summed E-state index contributed by atoms with van der Waals surface area (Å²) in [5, 5.41) is 19.7. The van der Waals surface area contributed by atoms with Crippen LogP contribution in [0.4, 0.5) is 5.82 Å². The number of ether oxygens (including phenoxy) is 2. The smallest absolute Gasteiger partial charge is 0.306 e. The summed E-state index contributed by atoms with van der Waals surface area (Å²) < 4.78 is 12.5. The fourth-order valence-corrected chi connectivity index (χ4v) is 2.69. The number of nitrogens with two attached hydrogens (primary N) is 1. The molecule has 1 fully saturated rings. The van der Waals surface area contributed by atoms with E-state index in [1.165, 1.54) is 17.2 Å². The lowest BCUT2D eigenvalue weighted by Gasteiger charge is -2.21. The van der Waals surface area contributed by atoms with E-state index < -0.39 is 37.1 Å². The summed E-state index contributed by atoms with van der Waals surface area (Å²) in [5.41, 5.74) is 6.52. The molecule has 4 unspecified atom stereocenters. The minimum Gasteiger partial charge on any atom is -0.455 e. The van der Waals surface area contributed by atoms with Gasteiger partial charge in [0.05, 0.1) is 12.9 Å². The highest BCUT2D eigenvalue weighted by Gasteiger charge is 2.47. The van der Waals surface area contributed by atoms with Crippen LogP contribution >= 0.6 is 0 Å². The summed E-state index contributed by atoms with van der Waals surface area (Å²) in [6, 6.07) is 0. The molecule has 0 radical (unpaired) electrons. The summed E-state index contributed by atoms with van der Waals surface area (Å²) >= 11 is 0. The first-order chi connectivity index (χ1) is 11.6. The zero-order valence-electron chi connectivity index (χ0n) is 13.1. The van der Waals surface area contributed by atoms with E-state index in [-0.39, 0.29) is 12.2 Å². The third kappa shape index (κ3) is 2.79. The maximum atomic E-state index is 11.9. The summed E-state index contributed by atoms with van der Waals surface area (Å²) in [4.78, 5) is 24.0. The van der Waals surface area contributed by atoms with Crippen molar-refractivity contribution in [2.75, 3.05) is 12.3 Å². The van der Waals surface area contributed by atoms with Gasteiger partial charge in [0.2, 0.25) is 0 Å². The lowest BCUT2D eigenvalue weighted by molar-refractivity contribution is -0.158. The van der Waals surface area contributed by atoms with Crippen LogP contribution in [0.1, 0.15) is 26.0 Å². The van der Waals surface area contributed by atoms with Gasteiger partial charge in [-0.1, -0.05) is 6.92 Å². The number of anilines is 1. The molecule has 0 saturated carbocycles. The van der Waals surface area contributed by atoms with Crippen molar-refractivity contribution >= 4 is 23.0 Å². The van der Waals surface area contributed by atoms with E-state index in [4.69, 9.17) is 15.2 Å². The highest BCUT2D eigenvalue weighted by Crippen LogP contribution is 2.34. The molecule has 0 bridgehead atoms. The zero-order chi connectivity index (χ0) is 17.3. The van der Waals surface area contributed by atoms with Crippen LogP contribution in [0.15, 0.2) is 12.7 Å². The van der Waals surface area contributed by atoms with Crippen molar-refractivity contribution in [3.8, 4) is 0 Å². The maximum Gasteiger partial charge on any atom is 0.306 e. The lowest BCUT2D eigenvalue weighted by atomic mass is 10.1. The number of nitrogen functional groups attached to an aromatic ring is 1. The lowest BCUT2D eigenvalue weighted by Crippen LogP contribution is -2.37. The van der Waals surface area contributed by atoms with Gasteiger partial charge in [0.25, 0.3) is 0 Å². The third-order valence-corrected chi connectivity index (χ3v) is 3.88. The highest BCUT2D eigenvalue weighted by molar-refractivity contribution is 5.81. The molecule has 10 heteroatoms. The van der Waals surface area contributed by atoms with Gasteiger partial charge in [-0.25, -0.2) is 15.0 Å². The van der Waals surface area contributed by atoms with Crippen LogP contribution in [-0.4, -0.2) is 60.6 Å². The fourth-order valence-electron chi connectivity index (χ4n) is 2.69.